The summed E-state index contributed by atoms with van der Waals surface area (Å²) in [4.78, 5) is 0. The van der Waals surface area contributed by atoms with Crippen LogP contribution in [0.2, 0.25) is 0 Å². The molecule has 0 amide bonds. The number of hydrogen-bond acceptors (Lipinski definition) is 0. The molecule has 2 aromatic carbocycles. The molecule has 18 heavy (non-hydrogen) atoms. The normalized spacial score (nSPS) is 11.5. The van der Waals surface area contributed by atoms with E-state index < -0.39 is 12.6 Å². The molecule has 0 aliphatic heterocycles. The molecule has 0 nitrogen and oxygen atoms in total. The average molecular weight is 250 g/mol. The number of hydrogen-bond donors (Lipinski definition) is 0. The van der Waals surface area contributed by atoms with Gasteiger partial charge < -0.3 is 0 Å². The van der Waals surface area contributed by atoms with Crippen LogP contribution in [0.15, 0.2) is 54.6 Å². The molecule has 0 N–H and O–H groups in total. The fourth-order valence-electron chi connectivity index (χ4n) is 1.78. The quantitative estimate of drug-likeness (QED) is 0.730. The van der Waals surface area contributed by atoms with Crippen LogP contribution in [0.3, 0.4) is 0 Å². The van der Waals surface area contributed by atoms with Gasteiger partial charge >= 0.3 is 6.18 Å². The molecule has 0 saturated heterocycles. The third-order valence-electron chi connectivity index (χ3n) is 2.76. The lowest BCUT2D eigenvalue weighted by Gasteiger charge is -2.07. The lowest BCUT2D eigenvalue weighted by atomic mass is 10.0. The summed E-state index contributed by atoms with van der Waals surface area (Å²) in [5, 5.41) is 0. The van der Waals surface area contributed by atoms with Crippen molar-refractivity contribution >= 4 is 0 Å². The highest BCUT2D eigenvalue weighted by atomic mass is 19.4. The smallest absolute Gasteiger partial charge is 0.171 e. The first kappa shape index (κ1) is 12.7. The summed E-state index contributed by atoms with van der Waals surface area (Å²) in [6.45, 7) is 0. The maximum atomic E-state index is 12.1. The minimum Gasteiger partial charge on any atom is -0.171 e. The first-order valence-corrected chi connectivity index (χ1v) is 5.76. The molecule has 0 aliphatic carbocycles. The van der Waals surface area contributed by atoms with Crippen LogP contribution >= 0.6 is 0 Å². The minimum atomic E-state index is -4.09. The van der Waals surface area contributed by atoms with Gasteiger partial charge in [0.15, 0.2) is 0 Å². The third-order valence-corrected chi connectivity index (χ3v) is 2.76. The highest BCUT2D eigenvalue weighted by Gasteiger charge is 2.26. The number of halogens is 3. The zero-order chi connectivity index (χ0) is 13.0. The van der Waals surface area contributed by atoms with Gasteiger partial charge in [-0.2, -0.15) is 13.2 Å². The molecular weight excluding hydrogens is 237 g/mol. The summed E-state index contributed by atoms with van der Waals surface area (Å²) in [6.07, 6.45) is -4.81. The van der Waals surface area contributed by atoms with Crippen LogP contribution in [0.1, 0.15) is 12.0 Å². The first-order chi connectivity index (χ1) is 8.54. The Morgan fingerprint density at radius 3 is 1.83 bits per heavy atom. The van der Waals surface area contributed by atoms with Gasteiger partial charge in [-0.05, 0) is 23.1 Å². The molecule has 3 heteroatoms. The van der Waals surface area contributed by atoms with Gasteiger partial charge in [-0.25, -0.2) is 0 Å². The van der Waals surface area contributed by atoms with E-state index in [1.54, 1.807) is 12.1 Å². The Kier molecular flexibility index (Phi) is 3.70. The maximum Gasteiger partial charge on any atom is 0.389 e. The van der Waals surface area contributed by atoms with Crippen molar-refractivity contribution in [2.24, 2.45) is 0 Å². The van der Waals surface area contributed by atoms with Gasteiger partial charge in [0.05, 0.1) is 0 Å². The van der Waals surface area contributed by atoms with Crippen molar-refractivity contribution in [1.29, 1.82) is 0 Å². The molecule has 0 bridgehead atoms. The highest BCUT2D eigenvalue weighted by molar-refractivity contribution is 5.63. The molecule has 0 saturated carbocycles. The summed E-state index contributed by atoms with van der Waals surface area (Å²) in [5.74, 6) is 0. The van der Waals surface area contributed by atoms with Crippen LogP contribution in [0.4, 0.5) is 13.2 Å². The number of aryl methyl sites for hydroxylation is 1. The first-order valence-electron chi connectivity index (χ1n) is 5.76. The standard InChI is InChI=1S/C15H13F3/c16-15(17,18)11-10-12-6-8-14(9-7-12)13-4-2-1-3-5-13/h1-9H,10-11H2. The van der Waals surface area contributed by atoms with Gasteiger partial charge in [0.25, 0.3) is 0 Å². The molecule has 94 valence electrons. The zero-order valence-electron chi connectivity index (χ0n) is 9.74. The third kappa shape index (κ3) is 3.62. The lowest BCUT2D eigenvalue weighted by Crippen LogP contribution is -2.08. The van der Waals surface area contributed by atoms with Crippen molar-refractivity contribution < 1.29 is 13.2 Å². The second kappa shape index (κ2) is 5.25. The molecule has 0 fully saturated rings. The molecule has 0 aliphatic rings. The van der Waals surface area contributed by atoms with Crippen LogP contribution < -0.4 is 0 Å². The average Bonchev–Trinajstić information content (AvgIpc) is 2.37. The van der Waals surface area contributed by atoms with E-state index in [0.29, 0.717) is 5.56 Å². The Morgan fingerprint density at radius 1 is 0.722 bits per heavy atom. The molecule has 0 unspecified atom stereocenters. The minimum absolute atomic E-state index is 0.0402. The largest absolute Gasteiger partial charge is 0.389 e. The summed E-state index contributed by atoms with van der Waals surface area (Å²) in [5.41, 5.74) is 2.80. The summed E-state index contributed by atoms with van der Waals surface area (Å²) >= 11 is 0. The Hall–Kier alpha value is -1.77. The Balaban J connectivity index is 2.07. The van der Waals surface area contributed by atoms with Crippen molar-refractivity contribution in [2.75, 3.05) is 0 Å². The maximum absolute atomic E-state index is 12.1. The number of rotatable bonds is 3. The van der Waals surface area contributed by atoms with Crippen LogP contribution in [0.5, 0.6) is 0 Å². The molecule has 0 spiro atoms. The van der Waals surface area contributed by atoms with Gasteiger partial charge in [-0.1, -0.05) is 54.6 Å². The monoisotopic (exact) mass is 250 g/mol. The van der Waals surface area contributed by atoms with Crippen LogP contribution in [0.25, 0.3) is 11.1 Å². The van der Waals surface area contributed by atoms with Crippen LogP contribution in [0, 0.1) is 0 Å². The Labute approximate surface area is 104 Å². The van der Waals surface area contributed by atoms with Crippen LogP contribution in [-0.4, -0.2) is 6.18 Å². The van der Waals surface area contributed by atoms with Gasteiger partial charge in [-0.15, -0.1) is 0 Å². The SMILES string of the molecule is FC(F)(F)CCc1ccc(-c2ccccc2)cc1. The molecule has 0 aromatic heterocycles. The molecule has 2 rings (SSSR count). The molecule has 0 heterocycles. The zero-order valence-corrected chi connectivity index (χ0v) is 9.74. The fourth-order valence-corrected chi connectivity index (χ4v) is 1.78. The second-order valence-electron chi connectivity index (χ2n) is 4.18. The van der Waals surface area contributed by atoms with Crippen molar-refractivity contribution in [1.82, 2.24) is 0 Å². The van der Waals surface area contributed by atoms with Gasteiger partial charge in [-0.3, -0.25) is 0 Å². The van der Waals surface area contributed by atoms with Gasteiger partial charge in [0, 0.05) is 6.42 Å². The number of alkyl halides is 3. The predicted octanol–water partition coefficient (Wildman–Crippen LogP) is 4.85. The van der Waals surface area contributed by atoms with Crippen molar-refractivity contribution in [3.05, 3.63) is 60.2 Å². The molecule has 2 aromatic rings. The number of benzene rings is 2. The second-order valence-corrected chi connectivity index (χ2v) is 4.18. The van der Waals surface area contributed by atoms with Crippen LogP contribution in [-0.2, 0) is 6.42 Å². The van der Waals surface area contributed by atoms with Crippen molar-refractivity contribution in [3.8, 4) is 11.1 Å². The summed E-state index contributed by atoms with van der Waals surface area (Å²) in [7, 11) is 0. The van der Waals surface area contributed by atoms with E-state index >= 15 is 0 Å². The van der Waals surface area contributed by atoms with Crippen molar-refractivity contribution in [2.45, 2.75) is 19.0 Å². The molecule has 0 atom stereocenters. The van der Waals surface area contributed by atoms with E-state index in [9.17, 15) is 13.2 Å². The van der Waals surface area contributed by atoms with E-state index in [2.05, 4.69) is 0 Å². The van der Waals surface area contributed by atoms with E-state index in [1.807, 2.05) is 42.5 Å². The van der Waals surface area contributed by atoms with E-state index in [4.69, 9.17) is 0 Å². The van der Waals surface area contributed by atoms with E-state index in [0.717, 1.165) is 11.1 Å². The summed E-state index contributed by atoms with van der Waals surface area (Å²) in [6, 6.07) is 17.0. The lowest BCUT2D eigenvalue weighted by molar-refractivity contribution is -0.133. The molecular formula is C15H13F3. The van der Waals surface area contributed by atoms with Gasteiger partial charge in [0.2, 0.25) is 0 Å². The fraction of sp³-hybridized carbons (Fsp3) is 0.200. The van der Waals surface area contributed by atoms with Gasteiger partial charge in [0.1, 0.15) is 0 Å². The Bertz CT molecular complexity index is 483. The van der Waals surface area contributed by atoms with Crippen molar-refractivity contribution in [3.63, 3.8) is 0 Å². The predicted molar refractivity (Wildman–Crippen MR) is 66.3 cm³/mol. The van der Waals surface area contributed by atoms with E-state index in [1.165, 1.54) is 0 Å². The summed E-state index contributed by atoms with van der Waals surface area (Å²) < 4.78 is 36.3. The van der Waals surface area contributed by atoms with E-state index in [-0.39, 0.29) is 6.42 Å². The molecule has 0 radical (unpaired) electrons. The Morgan fingerprint density at radius 2 is 1.28 bits per heavy atom. The topological polar surface area (TPSA) is 0 Å². The highest BCUT2D eigenvalue weighted by Crippen LogP contribution is 2.24.